The fraction of sp³-hybridized carbons (Fsp3) is 0.167. The highest BCUT2D eigenvalue weighted by Gasteiger charge is 2.13. The summed E-state index contributed by atoms with van der Waals surface area (Å²) < 4.78 is 39.1. The van der Waals surface area contributed by atoms with Crippen LogP contribution in [0, 0.1) is 0 Å². The Morgan fingerprint density at radius 2 is 1.71 bits per heavy atom. The van der Waals surface area contributed by atoms with Crippen molar-refractivity contribution < 1.29 is 27.8 Å². The number of halogens is 2. The van der Waals surface area contributed by atoms with Gasteiger partial charge in [0.25, 0.3) is 0 Å². The van der Waals surface area contributed by atoms with E-state index in [1.54, 1.807) is 19.3 Å². The van der Waals surface area contributed by atoms with Gasteiger partial charge in [-0.15, -0.1) is 0 Å². The molecule has 0 spiro atoms. The summed E-state index contributed by atoms with van der Waals surface area (Å²) in [5.74, 6) is 0.271. The van der Waals surface area contributed by atoms with E-state index in [2.05, 4.69) is 4.74 Å². The highest BCUT2D eigenvalue weighted by molar-refractivity contribution is 6.07. The number of allylic oxidation sites excluding steroid dienone is 1. The van der Waals surface area contributed by atoms with Gasteiger partial charge in [-0.25, -0.2) is 0 Å². The Morgan fingerprint density at radius 3 is 2.38 bits per heavy atom. The zero-order chi connectivity index (χ0) is 17.5. The van der Waals surface area contributed by atoms with Crippen LogP contribution in [0.4, 0.5) is 8.78 Å². The van der Waals surface area contributed by atoms with Gasteiger partial charge in [-0.05, 0) is 36.4 Å². The SMILES string of the molecule is COc1ccccc1C=CC(=O)c1ccc(OC(F)F)c(OC)c1. The maximum atomic E-state index is 12.3. The van der Waals surface area contributed by atoms with Crippen molar-refractivity contribution in [1.82, 2.24) is 0 Å². The van der Waals surface area contributed by atoms with Crippen LogP contribution in [0.2, 0.25) is 0 Å². The lowest BCUT2D eigenvalue weighted by Crippen LogP contribution is -2.04. The maximum absolute atomic E-state index is 12.3. The Kier molecular flexibility index (Phi) is 5.89. The highest BCUT2D eigenvalue weighted by Crippen LogP contribution is 2.30. The van der Waals surface area contributed by atoms with Crippen LogP contribution >= 0.6 is 0 Å². The van der Waals surface area contributed by atoms with Gasteiger partial charge < -0.3 is 14.2 Å². The van der Waals surface area contributed by atoms with Crippen molar-refractivity contribution in [3.63, 3.8) is 0 Å². The number of para-hydroxylation sites is 1. The first-order valence-corrected chi connectivity index (χ1v) is 7.03. The van der Waals surface area contributed by atoms with Crippen LogP contribution in [-0.4, -0.2) is 26.6 Å². The van der Waals surface area contributed by atoms with Crippen molar-refractivity contribution >= 4 is 11.9 Å². The molecular formula is C18H16F2O4. The van der Waals surface area contributed by atoms with E-state index in [0.717, 1.165) is 5.56 Å². The summed E-state index contributed by atoms with van der Waals surface area (Å²) in [6.45, 7) is -2.97. The molecule has 0 radical (unpaired) electrons. The number of hydrogen-bond acceptors (Lipinski definition) is 4. The molecule has 0 aliphatic rings. The largest absolute Gasteiger partial charge is 0.496 e. The monoisotopic (exact) mass is 334 g/mol. The topological polar surface area (TPSA) is 44.8 Å². The lowest BCUT2D eigenvalue weighted by molar-refractivity contribution is -0.0512. The minimum atomic E-state index is -2.97. The Hall–Kier alpha value is -2.89. The Labute approximate surface area is 138 Å². The number of carbonyl (C=O) groups is 1. The van der Waals surface area contributed by atoms with Crippen LogP contribution in [0.25, 0.3) is 6.08 Å². The second-order valence-electron chi connectivity index (χ2n) is 4.68. The summed E-state index contributed by atoms with van der Waals surface area (Å²) >= 11 is 0. The van der Waals surface area contributed by atoms with E-state index in [4.69, 9.17) is 9.47 Å². The molecule has 0 aliphatic carbocycles. The van der Waals surface area contributed by atoms with E-state index in [-0.39, 0.29) is 17.3 Å². The fourth-order valence-corrected chi connectivity index (χ4v) is 2.08. The summed E-state index contributed by atoms with van der Waals surface area (Å²) in [7, 11) is 2.85. The predicted molar refractivity (Wildman–Crippen MR) is 86.0 cm³/mol. The predicted octanol–water partition coefficient (Wildman–Crippen LogP) is 4.20. The van der Waals surface area contributed by atoms with E-state index in [1.165, 1.54) is 31.4 Å². The van der Waals surface area contributed by atoms with Gasteiger partial charge in [0.05, 0.1) is 14.2 Å². The third-order valence-corrected chi connectivity index (χ3v) is 3.22. The number of ketones is 1. The average Bonchev–Trinajstić information content (AvgIpc) is 2.59. The van der Waals surface area contributed by atoms with Crippen molar-refractivity contribution in [3.05, 3.63) is 59.7 Å². The lowest BCUT2D eigenvalue weighted by Gasteiger charge is -2.10. The van der Waals surface area contributed by atoms with Gasteiger partial charge >= 0.3 is 6.61 Å². The number of hydrogen-bond donors (Lipinski definition) is 0. The van der Waals surface area contributed by atoms with E-state index >= 15 is 0 Å². The molecule has 0 saturated carbocycles. The normalized spacial score (nSPS) is 10.9. The van der Waals surface area contributed by atoms with Gasteiger partial charge in [0.15, 0.2) is 17.3 Å². The summed E-state index contributed by atoms with van der Waals surface area (Å²) in [5, 5.41) is 0. The molecule has 2 aromatic rings. The standard InChI is InChI=1S/C18H16F2O4/c1-22-15-6-4-3-5-12(15)7-9-14(21)13-8-10-16(24-18(19)20)17(11-13)23-2/h3-11,18H,1-2H3. The molecular weight excluding hydrogens is 318 g/mol. The second kappa shape index (κ2) is 8.10. The molecule has 0 atom stereocenters. The molecule has 0 unspecified atom stereocenters. The Balaban J connectivity index is 2.22. The molecule has 0 aromatic heterocycles. The van der Waals surface area contributed by atoms with Crippen LogP contribution in [0.15, 0.2) is 48.5 Å². The quantitative estimate of drug-likeness (QED) is 0.562. The number of benzene rings is 2. The van der Waals surface area contributed by atoms with Gasteiger partial charge in [0, 0.05) is 11.1 Å². The third-order valence-electron chi connectivity index (χ3n) is 3.22. The number of rotatable bonds is 7. The molecule has 6 heteroatoms. The van der Waals surface area contributed by atoms with Gasteiger partial charge in [-0.3, -0.25) is 4.79 Å². The van der Waals surface area contributed by atoms with Gasteiger partial charge in [0.2, 0.25) is 0 Å². The van der Waals surface area contributed by atoms with Crippen molar-refractivity contribution in [2.75, 3.05) is 14.2 Å². The van der Waals surface area contributed by atoms with Crippen molar-refractivity contribution in [1.29, 1.82) is 0 Å². The molecule has 4 nitrogen and oxygen atoms in total. The van der Waals surface area contributed by atoms with Crippen LogP contribution in [0.5, 0.6) is 17.2 Å². The first kappa shape index (κ1) is 17.5. The van der Waals surface area contributed by atoms with Crippen LogP contribution in [-0.2, 0) is 0 Å². The average molecular weight is 334 g/mol. The smallest absolute Gasteiger partial charge is 0.387 e. The summed E-state index contributed by atoms with van der Waals surface area (Å²) in [6.07, 6.45) is 3.00. The molecule has 126 valence electrons. The number of methoxy groups -OCH3 is 2. The lowest BCUT2D eigenvalue weighted by atomic mass is 10.1. The minimum Gasteiger partial charge on any atom is -0.496 e. The van der Waals surface area contributed by atoms with Crippen molar-refractivity contribution in [3.8, 4) is 17.2 Å². The summed E-state index contributed by atoms with van der Waals surface area (Å²) in [6, 6.07) is 11.3. The molecule has 2 aromatic carbocycles. The van der Waals surface area contributed by atoms with Crippen molar-refractivity contribution in [2.45, 2.75) is 6.61 Å². The zero-order valence-electron chi connectivity index (χ0n) is 13.2. The first-order chi connectivity index (χ1) is 11.5. The van der Waals surface area contributed by atoms with E-state index in [0.29, 0.717) is 11.3 Å². The summed E-state index contributed by atoms with van der Waals surface area (Å²) in [5.41, 5.74) is 1.04. The highest BCUT2D eigenvalue weighted by atomic mass is 19.3. The molecule has 0 bridgehead atoms. The Morgan fingerprint density at radius 1 is 1.00 bits per heavy atom. The number of ether oxygens (including phenoxy) is 3. The minimum absolute atomic E-state index is 0.0619. The maximum Gasteiger partial charge on any atom is 0.387 e. The zero-order valence-corrected chi connectivity index (χ0v) is 13.2. The Bertz CT molecular complexity index is 742. The number of carbonyl (C=O) groups excluding carboxylic acids is 1. The molecule has 0 amide bonds. The molecule has 0 heterocycles. The molecule has 2 rings (SSSR count). The molecule has 0 aliphatic heterocycles. The molecule has 0 saturated heterocycles. The summed E-state index contributed by atoms with van der Waals surface area (Å²) in [4.78, 5) is 12.2. The van der Waals surface area contributed by atoms with Crippen LogP contribution < -0.4 is 14.2 Å². The van der Waals surface area contributed by atoms with Crippen molar-refractivity contribution in [2.24, 2.45) is 0 Å². The van der Waals surface area contributed by atoms with Crippen LogP contribution in [0.3, 0.4) is 0 Å². The van der Waals surface area contributed by atoms with Gasteiger partial charge in [-0.1, -0.05) is 18.2 Å². The number of alkyl halides is 2. The van der Waals surface area contributed by atoms with Gasteiger partial charge in [-0.2, -0.15) is 8.78 Å². The van der Waals surface area contributed by atoms with Gasteiger partial charge in [0.1, 0.15) is 5.75 Å². The van der Waals surface area contributed by atoms with Crippen LogP contribution in [0.1, 0.15) is 15.9 Å². The first-order valence-electron chi connectivity index (χ1n) is 7.03. The molecule has 0 fully saturated rings. The molecule has 24 heavy (non-hydrogen) atoms. The van der Waals surface area contributed by atoms with E-state index in [1.807, 2.05) is 18.2 Å². The second-order valence-corrected chi connectivity index (χ2v) is 4.68. The molecule has 0 N–H and O–H groups in total. The third kappa shape index (κ3) is 4.32. The van der Waals surface area contributed by atoms with E-state index < -0.39 is 6.61 Å². The fourth-order valence-electron chi connectivity index (χ4n) is 2.08. The van der Waals surface area contributed by atoms with E-state index in [9.17, 15) is 13.6 Å².